The highest BCUT2D eigenvalue weighted by Gasteiger charge is 2.37. The molecule has 5 aromatic carbocycles. The van der Waals surface area contributed by atoms with E-state index >= 15 is 0 Å². The highest BCUT2D eigenvalue weighted by molar-refractivity contribution is 5.75. The van der Waals surface area contributed by atoms with Gasteiger partial charge in [0.05, 0.1) is 17.4 Å². The Morgan fingerprint density at radius 1 is 0.513 bits per heavy atom. The Hall–Kier alpha value is -5.02. The van der Waals surface area contributed by atoms with Crippen molar-refractivity contribution < 1.29 is 0 Å². The minimum Gasteiger partial charge on any atom is -0.379 e. The summed E-state index contributed by atoms with van der Waals surface area (Å²) in [5, 5.41) is 7.55. The van der Waals surface area contributed by atoms with Crippen molar-refractivity contribution in [2.45, 2.75) is 12.2 Å². The first-order valence-corrected chi connectivity index (χ1v) is 13.4. The zero-order valence-electron chi connectivity index (χ0n) is 21.5. The highest BCUT2D eigenvalue weighted by Crippen LogP contribution is 2.43. The fraction of sp³-hybridized carbons (Fsp3) is 0.0556. The molecular weight excluding hydrogens is 474 g/mol. The first-order valence-electron chi connectivity index (χ1n) is 13.4. The highest BCUT2D eigenvalue weighted by atomic mass is 15.3. The maximum absolute atomic E-state index is 3.96. The number of dihydropyridines is 1. The smallest absolute Gasteiger partial charge is 0.130 e. The SMILES string of the molecule is C1=CC2=C(NC(c3cc(-c4ccccc4)cc(-c4ccccc4)c3)N2c2ccccc2)C(c2ccccc2)N1. The third-order valence-electron chi connectivity index (χ3n) is 7.53. The number of benzene rings is 5. The van der Waals surface area contributed by atoms with E-state index in [9.17, 15) is 0 Å². The average molecular weight is 504 g/mol. The molecule has 3 heteroatoms. The Bertz CT molecular complexity index is 1580. The molecule has 0 saturated heterocycles. The van der Waals surface area contributed by atoms with Gasteiger partial charge in [0.25, 0.3) is 0 Å². The van der Waals surface area contributed by atoms with E-state index in [1.807, 2.05) is 0 Å². The molecule has 0 aromatic heterocycles. The summed E-state index contributed by atoms with van der Waals surface area (Å²) in [6.45, 7) is 0. The third kappa shape index (κ3) is 4.38. The van der Waals surface area contributed by atoms with E-state index in [1.165, 1.54) is 44.8 Å². The molecule has 0 spiro atoms. The zero-order chi connectivity index (χ0) is 26.0. The van der Waals surface area contributed by atoms with Gasteiger partial charge in [-0.15, -0.1) is 0 Å². The van der Waals surface area contributed by atoms with E-state index in [0.717, 1.165) is 5.69 Å². The molecule has 3 nitrogen and oxygen atoms in total. The number of allylic oxidation sites excluding steroid dienone is 1. The van der Waals surface area contributed by atoms with E-state index in [4.69, 9.17) is 0 Å². The lowest BCUT2D eigenvalue weighted by atomic mass is 9.95. The normalized spacial score (nSPS) is 17.9. The van der Waals surface area contributed by atoms with Crippen LogP contribution in [-0.2, 0) is 0 Å². The molecule has 2 aliphatic rings. The summed E-state index contributed by atoms with van der Waals surface area (Å²) in [4.78, 5) is 2.43. The summed E-state index contributed by atoms with van der Waals surface area (Å²) in [7, 11) is 0. The average Bonchev–Trinajstić information content (AvgIpc) is 3.43. The van der Waals surface area contributed by atoms with Gasteiger partial charge in [-0.05, 0) is 76.0 Å². The number of para-hydroxylation sites is 1. The van der Waals surface area contributed by atoms with Crippen molar-refractivity contribution >= 4 is 5.69 Å². The summed E-state index contributed by atoms with van der Waals surface area (Å²) in [6.07, 6.45) is 4.19. The minimum absolute atomic E-state index is 0.0494. The Morgan fingerprint density at radius 3 is 1.64 bits per heavy atom. The molecule has 2 heterocycles. The predicted octanol–water partition coefficient (Wildman–Crippen LogP) is 8.20. The van der Waals surface area contributed by atoms with E-state index in [2.05, 4.69) is 167 Å². The minimum atomic E-state index is -0.0701. The third-order valence-corrected chi connectivity index (χ3v) is 7.53. The molecule has 0 aliphatic carbocycles. The molecule has 0 saturated carbocycles. The number of hydrogen-bond donors (Lipinski definition) is 2. The first kappa shape index (κ1) is 23.1. The lowest BCUT2D eigenvalue weighted by Gasteiger charge is -2.29. The lowest BCUT2D eigenvalue weighted by molar-refractivity contribution is 0.590. The van der Waals surface area contributed by atoms with E-state index in [0.29, 0.717) is 0 Å². The van der Waals surface area contributed by atoms with Gasteiger partial charge in [-0.25, -0.2) is 0 Å². The van der Waals surface area contributed by atoms with Crippen LogP contribution in [0.1, 0.15) is 23.3 Å². The summed E-state index contributed by atoms with van der Waals surface area (Å²) in [5.74, 6) is 0. The molecule has 39 heavy (non-hydrogen) atoms. The number of nitrogens with one attached hydrogen (secondary N) is 2. The fourth-order valence-electron chi connectivity index (χ4n) is 5.68. The molecule has 0 amide bonds. The van der Waals surface area contributed by atoms with Crippen LogP contribution < -0.4 is 15.5 Å². The fourth-order valence-corrected chi connectivity index (χ4v) is 5.68. The Morgan fingerprint density at radius 2 is 1.05 bits per heavy atom. The van der Waals surface area contributed by atoms with E-state index in [-0.39, 0.29) is 12.2 Å². The monoisotopic (exact) mass is 503 g/mol. The van der Waals surface area contributed by atoms with Crippen LogP contribution in [0.4, 0.5) is 5.69 Å². The molecule has 0 fully saturated rings. The standard InChI is InChI=1S/C36H29N3/c1-5-13-26(14-6-1)29-23-30(27-15-7-2-8-16-27)25-31(24-29)36-38-35-33(39(36)32-19-11-4-12-20-32)21-22-37-34(35)28-17-9-3-10-18-28/h1-25,34,36-38H. The van der Waals surface area contributed by atoms with Crippen LogP contribution in [0.5, 0.6) is 0 Å². The maximum atomic E-state index is 3.96. The van der Waals surface area contributed by atoms with Gasteiger partial charge in [0, 0.05) is 5.69 Å². The molecule has 188 valence electrons. The van der Waals surface area contributed by atoms with Crippen LogP contribution in [0.2, 0.25) is 0 Å². The van der Waals surface area contributed by atoms with Gasteiger partial charge in [0.1, 0.15) is 6.17 Å². The van der Waals surface area contributed by atoms with E-state index in [1.54, 1.807) is 0 Å². The number of hydrogen-bond acceptors (Lipinski definition) is 3. The topological polar surface area (TPSA) is 27.3 Å². The Labute approximate surface area is 229 Å². The molecule has 2 atom stereocenters. The molecule has 0 bridgehead atoms. The molecule has 2 unspecified atom stereocenters. The summed E-state index contributed by atoms with van der Waals surface area (Å²) < 4.78 is 0. The van der Waals surface area contributed by atoms with Crippen molar-refractivity contribution in [2.24, 2.45) is 0 Å². The zero-order valence-corrected chi connectivity index (χ0v) is 21.5. The van der Waals surface area contributed by atoms with Crippen molar-refractivity contribution in [1.82, 2.24) is 10.6 Å². The van der Waals surface area contributed by atoms with Crippen LogP contribution in [0.25, 0.3) is 22.3 Å². The van der Waals surface area contributed by atoms with Crippen LogP contribution in [-0.4, -0.2) is 0 Å². The van der Waals surface area contributed by atoms with Gasteiger partial charge in [0.2, 0.25) is 0 Å². The Kier molecular flexibility index (Phi) is 5.95. The van der Waals surface area contributed by atoms with Crippen molar-refractivity contribution in [3.8, 4) is 22.3 Å². The van der Waals surface area contributed by atoms with Crippen LogP contribution in [0, 0.1) is 0 Å². The van der Waals surface area contributed by atoms with Crippen LogP contribution in [0.15, 0.2) is 163 Å². The van der Waals surface area contributed by atoms with Crippen molar-refractivity contribution in [3.63, 3.8) is 0 Å². The molecule has 0 radical (unpaired) electrons. The van der Waals surface area contributed by atoms with Crippen molar-refractivity contribution in [1.29, 1.82) is 0 Å². The van der Waals surface area contributed by atoms with Gasteiger partial charge >= 0.3 is 0 Å². The van der Waals surface area contributed by atoms with Crippen LogP contribution >= 0.6 is 0 Å². The van der Waals surface area contributed by atoms with Crippen molar-refractivity contribution in [2.75, 3.05) is 4.90 Å². The molecule has 5 aromatic rings. The summed E-state index contributed by atoms with van der Waals surface area (Å²) in [5.41, 5.74) is 10.8. The summed E-state index contributed by atoms with van der Waals surface area (Å²) >= 11 is 0. The second kappa shape index (κ2) is 10.0. The van der Waals surface area contributed by atoms with Crippen molar-refractivity contribution in [3.05, 3.63) is 174 Å². The number of rotatable bonds is 5. The van der Waals surface area contributed by atoms with Crippen LogP contribution in [0.3, 0.4) is 0 Å². The lowest BCUT2D eigenvalue weighted by Crippen LogP contribution is -2.30. The number of nitrogens with zero attached hydrogens (tertiary/aromatic N) is 1. The van der Waals surface area contributed by atoms with Gasteiger partial charge in [-0.2, -0.15) is 0 Å². The quantitative estimate of drug-likeness (QED) is 0.253. The van der Waals surface area contributed by atoms with Gasteiger partial charge in [-0.1, -0.05) is 109 Å². The molecule has 2 N–H and O–H groups in total. The van der Waals surface area contributed by atoms with Gasteiger partial charge < -0.3 is 15.5 Å². The molecule has 7 rings (SSSR count). The van der Waals surface area contributed by atoms with E-state index < -0.39 is 0 Å². The van der Waals surface area contributed by atoms with Gasteiger partial charge in [-0.3, -0.25) is 0 Å². The Balaban J connectivity index is 1.39. The predicted molar refractivity (Wildman–Crippen MR) is 161 cm³/mol. The summed E-state index contributed by atoms with van der Waals surface area (Å²) in [6, 6.07) is 49.7. The molecule has 2 aliphatic heterocycles. The number of anilines is 1. The molecular formula is C36H29N3. The largest absolute Gasteiger partial charge is 0.379 e. The maximum Gasteiger partial charge on any atom is 0.130 e. The first-order chi connectivity index (χ1) is 19.3. The second-order valence-electron chi connectivity index (χ2n) is 9.97. The van der Waals surface area contributed by atoms with Gasteiger partial charge in [0.15, 0.2) is 0 Å². The second-order valence-corrected chi connectivity index (χ2v) is 9.97.